The third-order valence-electron chi connectivity index (χ3n) is 7.39. The Kier molecular flexibility index (Phi) is 5.08. The molecule has 4 heterocycles. The van der Waals surface area contributed by atoms with Gasteiger partial charge in [-0.15, -0.1) is 0 Å². The fraction of sp³-hybridized carbons (Fsp3) is 0.583. The summed E-state index contributed by atoms with van der Waals surface area (Å²) in [7, 11) is 0. The summed E-state index contributed by atoms with van der Waals surface area (Å²) < 4.78 is 8.45. The van der Waals surface area contributed by atoms with Gasteiger partial charge in [-0.05, 0) is 97.7 Å². The normalized spacial score (nSPS) is 26.5. The van der Waals surface area contributed by atoms with Crippen molar-refractivity contribution in [3.05, 3.63) is 39.6 Å². The van der Waals surface area contributed by atoms with Crippen molar-refractivity contribution in [3.63, 3.8) is 0 Å². The summed E-state index contributed by atoms with van der Waals surface area (Å²) in [5, 5.41) is 11.8. The lowest BCUT2D eigenvalue weighted by Gasteiger charge is -2.42. The van der Waals surface area contributed by atoms with Gasteiger partial charge < -0.3 is 15.4 Å². The molecule has 32 heavy (non-hydrogen) atoms. The number of benzene rings is 1. The fourth-order valence-corrected chi connectivity index (χ4v) is 5.82. The highest BCUT2D eigenvalue weighted by Gasteiger charge is 2.33. The Morgan fingerprint density at radius 1 is 1.16 bits per heavy atom. The van der Waals surface area contributed by atoms with E-state index in [1.54, 1.807) is 0 Å². The van der Waals surface area contributed by atoms with Gasteiger partial charge in [0.1, 0.15) is 4.60 Å². The predicted molar refractivity (Wildman–Crippen MR) is 131 cm³/mol. The molecule has 0 radical (unpaired) electrons. The largest absolute Gasteiger partial charge is 0.378 e. The van der Waals surface area contributed by atoms with Crippen molar-refractivity contribution < 1.29 is 4.74 Å². The first-order valence-electron chi connectivity index (χ1n) is 11.8. The molecule has 1 aromatic carbocycles. The smallest absolute Gasteiger partial charge is 0.202 e. The maximum Gasteiger partial charge on any atom is 0.202 e. The summed E-state index contributed by atoms with van der Waals surface area (Å²) in [6.07, 6.45) is 8.72. The number of ether oxygens (including phenoxy) is 1. The third-order valence-corrected chi connectivity index (χ3v) is 8.18. The molecule has 1 aliphatic carbocycles. The first-order valence-corrected chi connectivity index (χ1v) is 12.6. The van der Waals surface area contributed by atoms with Crippen LogP contribution in [0.4, 0.5) is 11.4 Å². The van der Waals surface area contributed by atoms with Crippen LogP contribution in [-0.4, -0.2) is 59.0 Å². The number of likely N-dealkylation sites (tertiary alicyclic amines) is 1. The van der Waals surface area contributed by atoms with E-state index in [0.717, 1.165) is 34.8 Å². The van der Waals surface area contributed by atoms with Crippen molar-refractivity contribution in [1.82, 2.24) is 14.7 Å². The van der Waals surface area contributed by atoms with Crippen molar-refractivity contribution in [2.75, 3.05) is 36.9 Å². The summed E-state index contributed by atoms with van der Waals surface area (Å²) in [6.45, 7) is 8.47. The molecule has 3 aliphatic heterocycles. The molecule has 1 aromatic heterocycles. The summed E-state index contributed by atoms with van der Waals surface area (Å²) in [5.41, 5.74) is 6.11. The number of aryl methyl sites for hydroxylation is 1. The lowest BCUT2D eigenvalue weighted by atomic mass is 9.85. The van der Waals surface area contributed by atoms with E-state index in [2.05, 4.69) is 67.2 Å². The standard InChI is InChI=1S/C24H31BrN6O/c1-15-9-17-11-26-24(2,29-22-12-27-31(23(22)25)18-3-4-18)28-21(17)10-20(15)16-5-7-30(8-6-16)19-13-32-14-19/h9-12,16,18-19,28-29H,3-8,13-14H2,1-2H3. The van der Waals surface area contributed by atoms with Crippen molar-refractivity contribution in [2.45, 2.75) is 63.3 Å². The number of aliphatic imine (C=N–C) groups is 1. The van der Waals surface area contributed by atoms with Gasteiger partial charge in [-0.3, -0.25) is 9.58 Å². The van der Waals surface area contributed by atoms with Gasteiger partial charge in [-0.1, -0.05) is 0 Å². The van der Waals surface area contributed by atoms with E-state index in [4.69, 9.17) is 9.73 Å². The Labute approximate surface area is 197 Å². The molecule has 0 spiro atoms. The lowest BCUT2D eigenvalue weighted by molar-refractivity contribution is -0.0712. The van der Waals surface area contributed by atoms with E-state index in [1.165, 1.54) is 49.9 Å². The van der Waals surface area contributed by atoms with Crippen LogP contribution in [0.5, 0.6) is 0 Å². The van der Waals surface area contributed by atoms with Crippen molar-refractivity contribution in [2.24, 2.45) is 4.99 Å². The average molecular weight is 499 g/mol. The number of hydrogen-bond donors (Lipinski definition) is 2. The highest BCUT2D eigenvalue weighted by molar-refractivity contribution is 9.10. The number of halogens is 1. The molecule has 6 rings (SSSR count). The Hall–Kier alpha value is -1.90. The zero-order chi connectivity index (χ0) is 21.9. The van der Waals surface area contributed by atoms with Gasteiger partial charge in [0.15, 0.2) is 0 Å². The number of nitrogens with zero attached hydrogens (tertiary/aromatic N) is 4. The van der Waals surface area contributed by atoms with Crippen LogP contribution in [0.2, 0.25) is 0 Å². The summed E-state index contributed by atoms with van der Waals surface area (Å²) in [4.78, 5) is 7.42. The molecule has 1 atom stereocenters. The Bertz CT molecular complexity index is 1050. The number of nitrogens with one attached hydrogen (secondary N) is 2. The molecule has 2 saturated heterocycles. The number of rotatable bonds is 5. The van der Waals surface area contributed by atoms with Gasteiger partial charge in [0.25, 0.3) is 0 Å². The van der Waals surface area contributed by atoms with E-state index in [-0.39, 0.29) is 0 Å². The highest BCUT2D eigenvalue weighted by Crippen LogP contribution is 2.40. The minimum absolute atomic E-state index is 0.532. The van der Waals surface area contributed by atoms with Gasteiger partial charge in [0, 0.05) is 17.5 Å². The van der Waals surface area contributed by atoms with Crippen molar-refractivity contribution in [3.8, 4) is 0 Å². The summed E-state index contributed by atoms with van der Waals surface area (Å²) in [6, 6.07) is 5.83. The van der Waals surface area contributed by atoms with Crippen LogP contribution in [0.25, 0.3) is 0 Å². The highest BCUT2D eigenvalue weighted by atomic mass is 79.9. The van der Waals surface area contributed by atoms with Crippen LogP contribution < -0.4 is 10.6 Å². The maximum absolute atomic E-state index is 5.39. The maximum atomic E-state index is 5.39. The number of piperidine rings is 1. The fourth-order valence-electron chi connectivity index (χ4n) is 5.24. The van der Waals surface area contributed by atoms with Crippen LogP contribution in [0.15, 0.2) is 27.9 Å². The topological polar surface area (TPSA) is 66.7 Å². The molecular formula is C24H31BrN6O. The molecule has 1 saturated carbocycles. The number of aromatic nitrogens is 2. The molecule has 2 aromatic rings. The Morgan fingerprint density at radius 3 is 2.62 bits per heavy atom. The van der Waals surface area contributed by atoms with Crippen LogP contribution in [0.3, 0.4) is 0 Å². The predicted octanol–water partition coefficient (Wildman–Crippen LogP) is 4.50. The van der Waals surface area contributed by atoms with Gasteiger partial charge in [-0.2, -0.15) is 5.10 Å². The molecule has 2 N–H and O–H groups in total. The molecule has 8 heteroatoms. The number of fused-ring (bicyclic) bond motifs is 1. The van der Waals surface area contributed by atoms with Crippen LogP contribution in [-0.2, 0) is 4.74 Å². The molecule has 0 amide bonds. The average Bonchev–Trinajstić information content (AvgIpc) is 3.52. The molecule has 170 valence electrons. The zero-order valence-electron chi connectivity index (χ0n) is 18.8. The minimum Gasteiger partial charge on any atom is -0.378 e. The molecule has 0 bridgehead atoms. The van der Waals surface area contributed by atoms with E-state index < -0.39 is 5.79 Å². The summed E-state index contributed by atoms with van der Waals surface area (Å²) in [5.74, 6) is -0.00380. The van der Waals surface area contributed by atoms with Gasteiger partial charge >= 0.3 is 0 Å². The monoisotopic (exact) mass is 498 g/mol. The first kappa shape index (κ1) is 20.7. The first-order chi connectivity index (χ1) is 15.5. The second-order valence-corrected chi connectivity index (χ2v) is 10.7. The SMILES string of the molecule is Cc1cc2c(cc1C1CCN(C3COC3)CC1)NC(C)(Nc1cnn(C3CC3)c1Br)N=C2. The zero-order valence-corrected chi connectivity index (χ0v) is 20.4. The number of hydrogen-bond acceptors (Lipinski definition) is 6. The third kappa shape index (κ3) is 3.76. The molecule has 4 aliphatic rings. The van der Waals surface area contributed by atoms with E-state index in [1.807, 2.05) is 12.4 Å². The quantitative estimate of drug-likeness (QED) is 0.635. The lowest BCUT2D eigenvalue weighted by Crippen LogP contribution is -2.51. The Morgan fingerprint density at radius 2 is 1.94 bits per heavy atom. The van der Waals surface area contributed by atoms with Crippen molar-refractivity contribution in [1.29, 1.82) is 0 Å². The Balaban J connectivity index is 1.19. The van der Waals surface area contributed by atoms with E-state index in [0.29, 0.717) is 18.0 Å². The number of anilines is 2. The van der Waals surface area contributed by atoms with E-state index >= 15 is 0 Å². The van der Waals surface area contributed by atoms with Gasteiger partial charge in [0.05, 0.1) is 37.2 Å². The van der Waals surface area contributed by atoms with Crippen molar-refractivity contribution >= 4 is 33.5 Å². The summed E-state index contributed by atoms with van der Waals surface area (Å²) >= 11 is 3.72. The van der Waals surface area contributed by atoms with Gasteiger partial charge in [0.2, 0.25) is 5.79 Å². The molecule has 1 unspecified atom stereocenters. The van der Waals surface area contributed by atoms with E-state index in [9.17, 15) is 0 Å². The van der Waals surface area contributed by atoms with Crippen LogP contribution in [0, 0.1) is 6.92 Å². The van der Waals surface area contributed by atoms with Crippen LogP contribution >= 0.6 is 15.9 Å². The second kappa shape index (κ2) is 7.85. The van der Waals surface area contributed by atoms with Crippen LogP contribution in [0.1, 0.15) is 61.3 Å². The second-order valence-electron chi connectivity index (χ2n) is 9.90. The molecular weight excluding hydrogens is 468 g/mol. The molecule has 7 nitrogen and oxygen atoms in total. The van der Waals surface area contributed by atoms with Gasteiger partial charge in [-0.25, -0.2) is 4.99 Å². The minimum atomic E-state index is -0.618. The molecule has 3 fully saturated rings.